The third-order valence-corrected chi connectivity index (χ3v) is 9.29. The minimum absolute atomic E-state index is 0.0529. The number of aliphatic hydroxyl groups is 1. The fraction of sp³-hybridized carbons (Fsp3) is 0.625. The SMILES string of the molecule is C[C@@H]1OCC2(CCN(c3ncc(Sc4ccnc(N5CC(CF)C5)c4Cl)nc3CO)CC2)[C@@H]1C. The third-order valence-electron chi connectivity index (χ3n) is 7.84. The van der Waals surface area contributed by atoms with Crippen LogP contribution >= 0.6 is 23.4 Å². The van der Waals surface area contributed by atoms with Gasteiger partial charge in [0.25, 0.3) is 0 Å². The van der Waals surface area contributed by atoms with Gasteiger partial charge in [-0.2, -0.15) is 0 Å². The molecule has 184 valence electrons. The van der Waals surface area contributed by atoms with Crippen molar-refractivity contribution in [2.24, 2.45) is 17.3 Å². The van der Waals surface area contributed by atoms with Crippen molar-refractivity contribution < 1.29 is 14.2 Å². The Labute approximate surface area is 209 Å². The van der Waals surface area contributed by atoms with E-state index in [0.717, 1.165) is 43.3 Å². The largest absolute Gasteiger partial charge is 0.390 e. The molecule has 2 aromatic heterocycles. The van der Waals surface area contributed by atoms with E-state index in [-0.39, 0.29) is 24.6 Å². The first-order chi connectivity index (χ1) is 16.4. The summed E-state index contributed by atoms with van der Waals surface area (Å²) in [5.41, 5.74) is 0.818. The molecular weight excluding hydrogens is 477 g/mol. The summed E-state index contributed by atoms with van der Waals surface area (Å²) in [5, 5.41) is 11.2. The summed E-state index contributed by atoms with van der Waals surface area (Å²) in [5.74, 6) is 2.02. The van der Waals surface area contributed by atoms with Gasteiger partial charge in [0, 0.05) is 48.6 Å². The topological polar surface area (TPSA) is 74.6 Å². The van der Waals surface area contributed by atoms with Crippen molar-refractivity contribution in [2.75, 3.05) is 49.3 Å². The highest BCUT2D eigenvalue weighted by Gasteiger charge is 2.47. The lowest BCUT2D eigenvalue weighted by Gasteiger charge is -2.42. The average molecular weight is 508 g/mol. The fourth-order valence-corrected chi connectivity index (χ4v) is 6.47. The monoisotopic (exact) mass is 507 g/mol. The number of hydrogen-bond donors (Lipinski definition) is 1. The summed E-state index contributed by atoms with van der Waals surface area (Å²) in [6.45, 7) is 7.81. The predicted octanol–water partition coefficient (Wildman–Crippen LogP) is 4.22. The van der Waals surface area contributed by atoms with Crippen molar-refractivity contribution >= 4 is 35.0 Å². The molecule has 2 atom stereocenters. The van der Waals surface area contributed by atoms with E-state index in [4.69, 9.17) is 26.3 Å². The van der Waals surface area contributed by atoms with Crippen LogP contribution in [0.4, 0.5) is 16.0 Å². The van der Waals surface area contributed by atoms with Crippen LogP contribution in [0.2, 0.25) is 5.02 Å². The normalized spacial score (nSPS) is 24.6. The Morgan fingerprint density at radius 3 is 2.62 bits per heavy atom. The molecule has 7 nitrogen and oxygen atoms in total. The maximum atomic E-state index is 12.8. The molecule has 5 rings (SSSR count). The molecule has 0 amide bonds. The molecule has 3 saturated heterocycles. The van der Waals surface area contributed by atoms with Crippen LogP contribution in [0.3, 0.4) is 0 Å². The summed E-state index contributed by atoms with van der Waals surface area (Å²) in [4.78, 5) is 18.8. The molecule has 3 aliphatic heterocycles. The molecule has 0 aromatic carbocycles. The summed E-state index contributed by atoms with van der Waals surface area (Å²) >= 11 is 8.03. The molecule has 1 spiro atoms. The second-order valence-corrected chi connectivity index (χ2v) is 11.2. The lowest BCUT2D eigenvalue weighted by atomic mass is 9.70. The zero-order valence-corrected chi connectivity index (χ0v) is 21.2. The number of pyridine rings is 1. The van der Waals surface area contributed by atoms with Crippen LogP contribution < -0.4 is 9.80 Å². The van der Waals surface area contributed by atoms with Gasteiger partial charge in [-0.1, -0.05) is 30.3 Å². The van der Waals surface area contributed by atoms with Crippen molar-refractivity contribution in [3.8, 4) is 0 Å². The first-order valence-corrected chi connectivity index (χ1v) is 13.1. The molecule has 10 heteroatoms. The highest BCUT2D eigenvalue weighted by Crippen LogP contribution is 2.47. The van der Waals surface area contributed by atoms with Crippen LogP contribution in [0.5, 0.6) is 0 Å². The molecule has 0 unspecified atom stereocenters. The Hall–Kier alpha value is -1.68. The van der Waals surface area contributed by atoms with E-state index < -0.39 is 0 Å². The molecule has 5 heterocycles. The van der Waals surface area contributed by atoms with Gasteiger partial charge in [-0.05, 0) is 31.7 Å². The number of piperidine rings is 1. The standard InChI is InChI=1S/C24H31ClFN5O2S/c1-15-16(2)33-14-24(15)4-7-30(8-5-24)22-18(13-32)29-20(10-28-22)34-19-3-6-27-23(21(19)25)31-11-17(9-26)12-31/h3,6,10,15-17,32H,4-5,7-9,11-14H2,1-2H3/t15-,16+/m1/s1. The van der Waals surface area contributed by atoms with Gasteiger partial charge in [-0.25, -0.2) is 15.0 Å². The Morgan fingerprint density at radius 1 is 1.21 bits per heavy atom. The van der Waals surface area contributed by atoms with E-state index in [1.807, 2.05) is 11.0 Å². The smallest absolute Gasteiger partial charge is 0.152 e. The van der Waals surface area contributed by atoms with Gasteiger partial charge in [-0.15, -0.1) is 0 Å². The van der Waals surface area contributed by atoms with E-state index in [1.165, 1.54) is 11.8 Å². The highest BCUT2D eigenvalue weighted by molar-refractivity contribution is 7.99. The van der Waals surface area contributed by atoms with Crippen molar-refractivity contribution in [2.45, 2.75) is 49.3 Å². The fourth-order valence-electron chi connectivity index (χ4n) is 5.32. The first kappa shape index (κ1) is 24.0. The predicted molar refractivity (Wildman–Crippen MR) is 131 cm³/mol. The van der Waals surface area contributed by atoms with Gasteiger partial charge < -0.3 is 19.6 Å². The van der Waals surface area contributed by atoms with Gasteiger partial charge >= 0.3 is 0 Å². The van der Waals surface area contributed by atoms with Crippen LogP contribution in [0.1, 0.15) is 32.4 Å². The third kappa shape index (κ3) is 4.36. The van der Waals surface area contributed by atoms with E-state index in [0.29, 0.717) is 46.7 Å². The lowest BCUT2D eigenvalue weighted by Crippen LogP contribution is -2.48. The number of nitrogens with zero attached hydrogens (tertiary/aromatic N) is 5. The van der Waals surface area contributed by atoms with Crippen molar-refractivity contribution in [1.82, 2.24) is 15.0 Å². The molecular formula is C24H31ClFN5O2S. The first-order valence-electron chi connectivity index (χ1n) is 11.9. The molecule has 0 radical (unpaired) electrons. The number of alkyl halides is 1. The summed E-state index contributed by atoms with van der Waals surface area (Å²) < 4.78 is 18.8. The van der Waals surface area contributed by atoms with E-state index >= 15 is 0 Å². The molecule has 0 bridgehead atoms. The molecule has 34 heavy (non-hydrogen) atoms. The van der Waals surface area contributed by atoms with Gasteiger partial charge in [0.1, 0.15) is 16.5 Å². The summed E-state index contributed by atoms with van der Waals surface area (Å²) in [7, 11) is 0. The molecule has 2 aromatic rings. The second-order valence-electron chi connectivity index (χ2n) is 9.76. The van der Waals surface area contributed by atoms with E-state index in [2.05, 4.69) is 23.7 Å². The quantitative estimate of drug-likeness (QED) is 0.623. The number of hydrogen-bond acceptors (Lipinski definition) is 8. The number of ether oxygens (including phenoxy) is 1. The Morgan fingerprint density at radius 2 is 1.97 bits per heavy atom. The number of rotatable bonds is 6. The molecule has 3 fully saturated rings. The van der Waals surface area contributed by atoms with Gasteiger partial charge in [0.2, 0.25) is 0 Å². The summed E-state index contributed by atoms with van der Waals surface area (Å²) in [6, 6.07) is 1.84. The second kappa shape index (κ2) is 9.76. The van der Waals surface area contributed by atoms with Crippen LogP contribution in [-0.2, 0) is 11.3 Å². The highest BCUT2D eigenvalue weighted by atomic mass is 35.5. The van der Waals surface area contributed by atoms with E-state index in [9.17, 15) is 9.50 Å². The van der Waals surface area contributed by atoms with Crippen LogP contribution in [-0.4, -0.2) is 65.6 Å². The summed E-state index contributed by atoms with van der Waals surface area (Å²) in [6.07, 6.45) is 5.86. The minimum atomic E-state index is -0.321. The Balaban J connectivity index is 1.29. The maximum Gasteiger partial charge on any atom is 0.152 e. The molecule has 1 N–H and O–H groups in total. The van der Waals surface area contributed by atoms with Gasteiger partial charge in [0.05, 0.1) is 37.2 Å². The molecule has 0 aliphatic carbocycles. The van der Waals surface area contributed by atoms with Gasteiger partial charge in [0.15, 0.2) is 5.82 Å². The van der Waals surface area contributed by atoms with Crippen LogP contribution in [0.25, 0.3) is 0 Å². The van der Waals surface area contributed by atoms with Gasteiger partial charge in [-0.3, -0.25) is 4.39 Å². The lowest BCUT2D eigenvalue weighted by molar-refractivity contribution is 0.0969. The minimum Gasteiger partial charge on any atom is -0.390 e. The van der Waals surface area contributed by atoms with E-state index in [1.54, 1.807) is 12.4 Å². The zero-order valence-electron chi connectivity index (χ0n) is 19.6. The molecule has 3 aliphatic rings. The maximum absolute atomic E-state index is 12.8. The number of anilines is 2. The Kier molecular flexibility index (Phi) is 6.90. The van der Waals surface area contributed by atoms with Crippen LogP contribution in [0.15, 0.2) is 28.4 Å². The number of halogens is 2. The van der Waals surface area contributed by atoms with Crippen molar-refractivity contribution in [3.63, 3.8) is 0 Å². The number of aromatic nitrogens is 3. The van der Waals surface area contributed by atoms with Crippen molar-refractivity contribution in [1.29, 1.82) is 0 Å². The molecule has 0 saturated carbocycles. The van der Waals surface area contributed by atoms with Crippen molar-refractivity contribution in [3.05, 3.63) is 29.2 Å². The Bertz CT molecular complexity index is 1030. The van der Waals surface area contributed by atoms with Crippen LogP contribution in [0, 0.1) is 17.3 Å². The average Bonchev–Trinajstić information content (AvgIpc) is 3.09. The zero-order chi connectivity index (χ0) is 23.9. The number of aliphatic hydroxyl groups excluding tert-OH is 1.